The zero-order chi connectivity index (χ0) is 15.1. The van der Waals surface area contributed by atoms with E-state index in [1.54, 1.807) is 0 Å². The Hall–Kier alpha value is -1.71. The van der Waals surface area contributed by atoms with Crippen LogP contribution in [0.5, 0.6) is 5.75 Å². The maximum Gasteiger partial charge on any atom is 0.188 e. The number of benzene rings is 1. The van der Waals surface area contributed by atoms with Crippen molar-refractivity contribution in [3.05, 3.63) is 29.8 Å². The minimum atomic E-state index is 0.0125. The Kier molecular flexibility index (Phi) is 5.90. The third-order valence-corrected chi connectivity index (χ3v) is 3.80. The zero-order valence-electron chi connectivity index (χ0n) is 13.1. The maximum absolute atomic E-state index is 5.95. The fourth-order valence-electron chi connectivity index (χ4n) is 2.69. The molecule has 0 bridgehead atoms. The first-order valence-corrected chi connectivity index (χ1v) is 7.93. The molecule has 1 aliphatic carbocycles. The first-order valence-electron chi connectivity index (χ1n) is 7.93. The SMILES string of the molecule is Cc1cccc(OC(C)CN=C(N)NC2CCCCC2)c1. The number of nitrogens with one attached hydrogen (secondary N) is 1. The molecular formula is C17H27N3O. The van der Waals surface area contributed by atoms with Crippen LogP contribution in [0.2, 0.25) is 0 Å². The molecule has 4 heteroatoms. The lowest BCUT2D eigenvalue weighted by Crippen LogP contribution is -2.41. The van der Waals surface area contributed by atoms with Crippen LogP contribution in [0.1, 0.15) is 44.6 Å². The molecule has 4 nitrogen and oxygen atoms in total. The van der Waals surface area contributed by atoms with Crippen molar-refractivity contribution in [2.45, 2.75) is 58.1 Å². The maximum atomic E-state index is 5.95. The number of guanidine groups is 1. The predicted octanol–water partition coefficient (Wildman–Crippen LogP) is 3.00. The van der Waals surface area contributed by atoms with E-state index in [0.29, 0.717) is 18.5 Å². The summed E-state index contributed by atoms with van der Waals surface area (Å²) in [5.41, 5.74) is 7.15. The first-order chi connectivity index (χ1) is 10.1. The third-order valence-electron chi connectivity index (χ3n) is 3.80. The highest BCUT2D eigenvalue weighted by Crippen LogP contribution is 2.17. The summed E-state index contributed by atoms with van der Waals surface area (Å²) in [6.07, 6.45) is 6.34. The van der Waals surface area contributed by atoms with Crippen molar-refractivity contribution in [1.29, 1.82) is 0 Å². The lowest BCUT2D eigenvalue weighted by molar-refractivity contribution is 0.230. The Morgan fingerprint density at radius 1 is 1.38 bits per heavy atom. The van der Waals surface area contributed by atoms with Gasteiger partial charge >= 0.3 is 0 Å². The molecule has 1 fully saturated rings. The van der Waals surface area contributed by atoms with Crippen molar-refractivity contribution in [2.24, 2.45) is 10.7 Å². The highest BCUT2D eigenvalue weighted by atomic mass is 16.5. The summed E-state index contributed by atoms with van der Waals surface area (Å²) < 4.78 is 5.85. The van der Waals surface area contributed by atoms with Gasteiger partial charge in [-0.15, -0.1) is 0 Å². The van der Waals surface area contributed by atoms with E-state index >= 15 is 0 Å². The molecule has 0 saturated heterocycles. The van der Waals surface area contributed by atoms with E-state index in [0.717, 1.165) is 5.75 Å². The summed E-state index contributed by atoms with van der Waals surface area (Å²) >= 11 is 0. The van der Waals surface area contributed by atoms with Crippen molar-refractivity contribution in [3.63, 3.8) is 0 Å². The molecular weight excluding hydrogens is 262 g/mol. The van der Waals surface area contributed by atoms with E-state index in [1.165, 1.54) is 37.7 Å². The fourth-order valence-corrected chi connectivity index (χ4v) is 2.69. The Labute approximate surface area is 127 Å². The number of rotatable bonds is 5. The van der Waals surface area contributed by atoms with Crippen LogP contribution in [0.25, 0.3) is 0 Å². The molecule has 0 radical (unpaired) electrons. The average Bonchev–Trinajstić information content (AvgIpc) is 2.46. The second-order valence-corrected chi connectivity index (χ2v) is 5.95. The van der Waals surface area contributed by atoms with Crippen LogP contribution in [0.3, 0.4) is 0 Å². The van der Waals surface area contributed by atoms with Crippen molar-refractivity contribution in [1.82, 2.24) is 5.32 Å². The molecule has 2 rings (SSSR count). The Morgan fingerprint density at radius 3 is 2.86 bits per heavy atom. The summed E-state index contributed by atoms with van der Waals surface area (Å²) in [5.74, 6) is 1.43. The van der Waals surface area contributed by atoms with Gasteiger partial charge in [-0.3, -0.25) is 0 Å². The van der Waals surface area contributed by atoms with Crippen LogP contribution in [0, 0.1) is 6.92 Å². The van der Waals surface area contributed by atoms with Crippen molar-refractivity contribution in [2.75, 3.05) is 6.54 Å². The summed E-state index contributed by atoms with van der Waals surface area (Å²) in [5, 5.41) is 3.32. The van der Waals surface area contributed by atoms with E-state index in [4.69, 9.17) is 10.5 Å². The quantitative estimate of drug-likeness (QED) is 0.647. The lowest BCUT2D eigenvalue weighted by atomic mass is 9.96. The third kappa shape index (κ3) is 5.66. The fraction of sp³-hybridized carbons (Fsp3) is 0.588. The standard InChI is InChI=1S/C17H27N3O/c1-13-7-6-10-16(11-13)21-14(2)12-19-17(18)20-15-8-4-3-5-9-15/h6-7,10-11,14-15H,3-5,8-9,12H2,1-2H3,(H3,18,19,20). The highest BCUT2D eigenvalue weighted by molar-refractivity contribution is 5.78. The van der Waals surface area contributed by atoms with Gasteiger partial charge in [-0.2, -0.15) is 0 Å². The molecule has 0 spiro atoms. The second kappa shape index (κ2) is 7.91. The summed E-state index contributed by atoms with van der Waals surface area (Å²) in [4.78, 5) is 4.40. The van der Waals surface area contributed by atoms with Gasteiger partial charge in [0.25, 0.3) is 0 Å². The van der Waals surface area contributed by atoms with Gasteiger partial charge in [-0.1, -0.05) is 31.4 Å². The number of aryl methyl sites for hydroxylation is 1. The molecule has 1 aliphatic rings. The van der Waals surface area contributed by atoms with Crippen LogP contribution in [-0.2, 0) is 0 Å². The minimum Gasteiger partial charge on any atom is -0.489 e. The van der Waals surface area contributed by atoms with E-state index in [-0.39, 0.29) is 6.10 Å². The molecule has 1 saturated carbocycles. The summed E-state index contributed by atoms with van der Waals surface area (Å²) in [6, 6.07) is 8.55. The van der Waals surface area contributed by atoms with Gasteiger partial charge in [-0.25, -0.2) is 4.99 Å². The molecule has 1 unspecified atom stereocenters. The average molecular weight is 289 g/mol. The predicted molar refractivity (Wildman–Crippen MR) is 87.8 cm³/mol. The monoisotopic (exact) mass is 289 g/mol. The molecule has 0 amide bonds. The molecule has 0 heterocycles. The first kappa shape index (κ1) is 15.7. The van der Waals surface area contributed by atoms with E-state index < -0.39 is 0 Å². The van der Waals surface area contributed by atoms with Gasteiger partial charge in [0.2, 0.25) is 0 Å². The molecule has 116 valence electrons. The normalized spacial score (nSPS) is 18.3. The number of hydrogen-bond donors (Lipinski definition) is 2. The van der Waals surface area contributed by atoms with Gasteiger partial charge < -0.3 is 15.8 Å². The largest absolute Gasteiger partial charge is 0.489 e. The Bertz CT molecular complexity index is 467. The van der Waals surface area contributed by atoms with Crippen molar-refractivity contribution in [3.8, 4) is 5.75 Å². The summed E-state index contributed by atoms with van der Waals surface area (Å²) in [6.45, 7) is 4.64. The van der Waals surface area contributed by atoms with Crippen LogP contribution in [0.15, 0.2) is 29.3 Å². The topological polar surface area (TPSA) is 59.6 Å². The van der Waals surface area contributed by atoms with Crippen LogP contribution in [-0.4, -0.2) is 24.7 Å². The molecule has 0 aliphatic heterocycles. The Morgan fingerprint density at radius 2 is 2.14 bits per heavy atom. The molecule has 1 aromatic rings. The number of aliphatic imine (C=N–C) groups is 1. The van der Waals surface area contributed by atoms with E-state index in [1.807, 2.05) is 25.1 Å². The molecule has 1 aromatic carbocycles. The van der Waals surface area contributed by atoms with Crippen molar-refractivity contribution >= 4 is 5.96 Å². The second-order valence-electron chi connectivity index (χ2n) is 5.95. The van der Waals surface area contributed by atoms with Gasteiger partial charge in [0.05, 0.1) is 6.54 Å². The molecule has 3 N–H and O–H groups in total. The van der Waals surface area contributed by atoms with E-state index in [2.05, 4.69) is 23.3 Å². The lowest BCUT2D eigenvalue weighted by Gasteiger charge is -2.23. The van der Waals surface area contributed by atoms with Gasteiger partial charge in [0, 0.05) is 6.04 Å². The number of nitrogens with two attached hydrogens (primary N) is 1. The van der Waals surface area contributed by atoms with Gasteiger partial charge in [0.15, 0.2) is 5.96 Å². The smallest absolute Gasteiger partial charge is 0.188 e. The number of hydrogen-bond acceptors (Lipinski definition) is 2. The van der Waals surface area contributed by atoms with Gasteiger partial charge in [-0.05, 0) is 44.4 Å². The summed E-state index contributed by atoms with van der Waals surface area (Å²) in [7, 11) is 0. The van der Waals surface area contributed by atoms with Crippen LogP contribution < -0.4 is 15.8 Å². The van der Waals surface area contributed by atoms with Crippen LogP contribution in [0.4, 0.5) is 0 Å². The van der Waals surface area contributed by atoms with Crippen LogP contribution >= 0.6 is 0 Å². The Balaban J connectivity index is 1.76. The number of ether oxygens (including phenoxy) is 1. The zero-order valence-corrected chi connectivity index (χ0v) is 13.1. The van der Waals surface area contributed by atoms with Gasteiger partial charge in [0.1, 0.15) is 11.9 Å². The number of nitrogens with zero attached hydrogens (tertiary/aromatic N) is 1. The molecule has 21 heavy (non-hydrogen) atoms. The van der Waals surface area contributed by atoms with E-state index in [9.17, 15) is 0 Å². The van der Waals surface area contributed by atoms with Crippen molar-refractivity contribution < 1.29 is 4.74 Å². The molecule has 1 atom stereocenters. The molecule has 0 aromatic heterocycles. The minimum absolute atomic E-state index is 0.0125. The highest BCUT2D eigenvalue weighted by Gasteiger charge is 2.13.